The fourth-order valence-electron chi connectivity index (χ4n) is 4.23. The number of piperidine rings is 1. The third-order valence-corrected chi connectivity index (χ3v) is 5.87. The number of nitrogens with zero attached hydrogens (tertiary/aromatic N) is 2. The first-order valence-electron chi connectivity index (χ1n) is 10.1. The van der Waals surface area contributed by atoms with Crippen LogP contribution in [0.4, 0.5) is 5.69 Å². The zero-order valence-corrected chi connectivity index (χ0v) is 17.1. The lowest BCUT2D eigenvalue weighted by Gasteiger charge is -2.39. The average molecular weight is 384 g/mol. The van der Waals surface area contributed by atoms with Gasteiger partial charge in [0, 0.05) is 37.5 Å². The molecule has 0 amide bonds. The van der Waals surface area contributed by atoms with E-state index in [-0.39, 0.29) is 12.1 Å². The fraction of sp³-hybridized carbons (Fsp3) is 0.545. The Morgan fingerprint density at radius 3 is 2.71 bits per heavy atom. The Kier molecular flexibility index (Phi) is 5.02. The van der Waals surface area contributed by atoms with Crippen LogP contribution in [0.25, 0.3) is 10.9 Å². The second-order valence-electron chi connectivity index (χ2n) is 7.78. The topological polar surface area (TPSA) is 60.9 Å². The molecule has 28 heavy (non-hydrogen) atoms. The van der Waals surface area contributed by atoms with Crippen molar-refractivity contribution in [2.75, 3.05) is 31.2 Å². The molecule has 1 atom stereocenters. The summed E-state index contributed by atoms with van der Waals surface area (Å²) >= 11 is 0. The number of fused-ring (bicyclic) bond motifs is 1. The van der Waals surface area contributed by atoms with Gasteiger partial charge in [-0.25, -0.2) is 4.79 Å². The number of carbonyl (C=O) groups excluding carboxylic acids is 1. The van der Waals surface area contributed by atoms with Crippen LogP contribution < -0.4 is 4.90 Å². The highest BCUT2D eigenvalue weighted by Gasteiger charge is 2.43. The lowest BCUT2D eigenvalue weighted by Crippen LogP contribution is -2.46. The fourth-order valence-corrected chi connectivity index (χ4v) is 4.23. The van der Waals surface area contributed by atoms with E-state index in [1.54, 1.807) is 6.20 Å². The van der Waals surface area contributed by atoms with Crippen molar-refractivity contribution in [3.63, 3.8) is 0 Å². The number of anilines is 1. The van der Waals surface area contributed by atoms with Crippen LogP contribution in [-0.4, -0.2) is 49.1 Å². The van der Waals surface area contributed by atoms with Gasteiger partial charge in [-0.3, -0.25) is 4.98 Å². The second-order valence-corrected chi connectivity index (χ2v) is 7.78. The largest absolute Gasteiger partial charge is 0.462 e. The molecule has 1 aromatic carbocycles. The van der Waals surface area contributed by atoms with Gasteiger partial charge in [0.2, 0.25) is 0 Å². The number of aryl methyl sites for hydroxylation is 2. The number of hydrogen-bond donors (Lipinski definition) is 0. The van der Waals surface area contributed by atoms with E-state index in [4.69, 9.17) is 14.2 Å². The Labute approximate surface area is 165 Å². The summed E-state index contributed by atoms with van der Waals surface area (Å²) < 4.78 is 17.3. The molecule has 0 radical (unpaired) electrons. The normalized spacial score (nSPS) is 21.4. The molecule has 3 heterocycles. The van der Waals surface area contributed by atoms with Gasteiger partial charge >= 0.3 is 5.97 Å². The molecule has 2 saturated heterocycles. The minimum Gasteiger partial charge on any atom is -0.462 e. The standard InChI is InChI=1S/C22H28N2O4/c1-5-26-21(25)18-12-23-19-16(4)14(2)6-7-17(19)20(18)24-10-8-22(9-11-24)27-13-15(3)28-22/h6-7,12,15H,5,8-11,13H2,1-4H3. The van der Waals surface area contributed by atoms with E-state index in [2.05, 4.69) is 35.9 Å². The quantitative estimate of drug-likeness (QED) is 0.751. The summed E-state index contributed by atoms with van der Waals surface area (Å²) in [5.74, 6) is -0.803. The lowest BCUT2D eigenvalue weighted by atomic mass is 9.98. The molecule has 1 unspecified atom stereocenters. The van der Waals surface area contributed by atoms with E-state index in [0.29, 0.717) is 18.8 Å². The van der Waals surface area contributed by atoms with Crippen molar-refractivity contribution in [3.05, 3.63) is 35.0 Å². The van der Waals surface area contributed by atoms with Crippen LogP contribution in [-0.2, 0) is 14.2 Å². The van der Waals surface area contributed by atoms with Crippen LogP contribution in [0.5, 0.6) is 0 Å². The van der Waals surface area contributed by atoms with Gasteiger partial charge in [-0.15, -0.1) is 0 Å². The maximum absolute atomic E-state index is 12.7. The van der Waals surface area contributed by atoms with Crippen LogP contribution in [0, 0.1) is 13.8 Å². The Morgan fingerprint density at radius 2 is 2.07 bits per heavy atom. The highest BCUT2D eigenvalue weighted by molar-refractivity contribution is 6.06. The molecular weight excluding hydrogens is 356 g/mol. The number of carbonyl (C=O) groups is 1. The van der Waals surface area contributed by atoms with Crippen LogP contribution >= 0.6 is 0 Å². The van der Waals surface area contributed by atoms with Crippen LogP contribution in [0.2, 0.25) is 0 Å². The number of rotatable bonds is 3. The number of pyridine rings is 1. The highest BCUT2D eigenvalue weighted by Crippen LogP contribution is 2.39. The summed E-state index contributed by atoms with van der Waals surface area (Å²) in [6.07, 6.45) is 3.34. The summed E-state index contributed by atoms with van der Waals surface area (Å²) in [5, 5.41) is 0.992. The smallest absolute Gasteiger partial charge is 0.341 e. The third kappa shape index (κ3) is 3.25. The Morgan fingerprint density at radius 1 is 1.32 bits per heavy atom. The molecule has 1 spiro atoms. The maximum Gasteiger partial charge on any atom is 0.341 e. The van der Waals surface area contributed by atoms with Crippen molar-refractivity contribution in [2.45, 2.75) is 52.4 Å². The third-order valence-electron chi connectivity index (χ3n) is 5.87. The van der Waals surface area contributed by atoms with Crippen molar-refractivity contribution in [1.29, 1.82) is 0 Å². The van der Waals surface area contributed by atoms with Crippen molar-refractivity contribution in [3.8, 4) is 0 Å². The molecule has 1 aromatic heterocycles. The summed E-state index contributed by atoms with van der Waals surface area (Å²) in [6.45, 7) is 10.5. The van der Waals surface area contributed by atoms with Crippen molar-refractivity contribution in [1.82, 2.24) is 4.98 Å². The van der Waals surface area contributed by atoms with E-state index in [1.807, 2.05) is 13.8 Å². The van der Waals surface area contributed by atoms with E-state index < -0.39 is 5.79 Å². The molecule has 6 heteroatoms. The van der Waals surface area contributed by atoms with Gasteiger partial charge in [-0.05, 0) is 38.8 Å². The molecule has 0 bridgehead atoms. The predicted molar refractivity (Wildman–Crippen MR) is 108 cm³/mol. The number of benzene rings is 1. The van der Waals surface area contributed by atoms with E-state index in [9.17, 15) is 4.79 Å². The van der Waals surface area contributed by atoms with E-state index in [0.717, 1.165) is 48.1 Å². The number of ether oxygens (including phenoxy) is 3. The molecular formula is C22H28N2O4. The molecule has 0 N–H and O–H groups in total. The SMILES string of the molecule is CCOC(=O)c1cnc2c(C)c(C)ccc2c1N1CCC2(CC1)OCC(C)O2. The lowest BCUT2D eigenvalue weighted by molar-refractivity contribution is -0.178. The second kappa shape index (κ2) is 7.33. The van der Waals surface area contributed by atoms with E-state index >= 15 is 0 Å². The molecule has 2 aromatic rings. The van der Waals surface area contributed by atoms with Gasteiger partial charge in [0.25, 0.3) is 0 Å². The monoisotopic (exact) mass is 384 g/mol. The summed E-state index contributed by atoms with van der Waals surface area (Å²) in [4.78, 5) is 19.5. The van der Waals surface area contributed by atoms with Crippen molar-refractivity contribution < 1.29 is 19.0 Å². The summed E-state index contributed by atoms with van der Waals surface area (Å²) in [5.41, 5.74) is 4.70. The summed E-state index contributed by atoms with van der Waals surface area (Å²) in [7, 11) is 0. The zero-order chi connectivity index (χ0) is 19.9. The molecule has 6 nitrogen and oxygen atoms in total. The average Bonchev–Trinajstić information content (AvgIpc) is 3.05. The molecule has 2 fully saturated rings. The first-order chi connectivity index (χ1) is 13.4. The van der Waals surface area contributed by atoms with E-state index in [1.165, 1.54) is 5.56 Å². The van der Waals surface area contributed by atoms with Gasteiger partial charge in [0.05, 0.1) is 30.5 Å². The van der Waals surface area contributed by atoms with Gasteiger partial charge in [0.1, 0.15) is 5.56 Å². The maximum atomic E-state index is 12.7. The number of esters is 1. The Bertz CT molecular complexity index is 903. The molecule has 150 valence electrons. The van der Waals surface area contributed by atoms with Crippen molar-refractivity contribution in [2.24, 2.45) is 0 Å². The minimum atomic E-state index is -0.477. The minimum absolute atomic E-state index is 0.133. The van der Waals surface area contributed by atoms with Gasteiger partial charge in [0.15, 0.2) is 5.79 Å². The summed E-state index contributed by atoms with van der Waals surface area (Å²) in [6, 6.07) is 4.16. The van der Waals surface area contributed by atoms with Crippen LogP contribution in [0.1, 0.15) is 48.2 Å². The first-order valence-corrected chi connectivity index (χ1v) is 10.1. The van der Waals surface area contributed by atoms with Gasteiger partial charge < -0.3 is 19.1 Å². The number of hydrogen-bond acceptors (Lipinski definition) is 6. The predicted octanol–water partition coefficient (Wildman–Crippen LogP) is 3.76. The van der Waals surface area contributed by atoms with Gasteiger partial charge in [-0.2, -0.15) is 0 Å². The van der Waals surface area contributed by atoms with Crippen molar-refractivity contribution >= 4 is 22.6 Å². The Hall–Kier alpha value is -2.18. The van der Waals surface area contributed by atoms with Crippen LogP contribution in [0.15, 0.2) is 18.3 Å². The highest BCUT2D eigenvalue weighted by atomic mass is 16.7. The molecule has 0 aliphatic carbocycles. The Balaban J connectivity index is 1.74. The molecule has 0 saturated carbocycles. The molecule has 2 aliphatic heterocycles. The molecule has 4 rings (SSSR count). The van der Waals surface area contributed by atoms with Gasteiger partial charge in [-0.1, -0.05) is 12.1 Å². The molecule has 2 aliphatic rings. The number of aromatic nitrogens is 1. The first kappa shape index (κ1) is 19.2. The van der Waals surface area contributed by atoms with Crippen LogP contribution in [0.3, 0.4) is 0 Å². The zero-order valence-electron chi connectivity index (χ0n) is 17.1.